The maximum absolute atomic E-state index is 2.45. The molecule has 0 aromatic heterocycles. The van der Waals surface area contributed by atoms with Gasteiger partial charge in [-0.25, -0.2) is 0 Å². The summed E-state index contributed by atoms with van der Waals surface area (Å²) in [5.74, 6) is 0. The van der Waals surface area contributed by atoms with Crippen molar-refractivity contribution in [1.29, 1.82) is 0 Å². The molecule has 10 aromatic carbocycles. The van der Waals surface area contributed by atoms with Crippen LogP contribution in [0.3, 0.4) is 0 Å². The van der Waals surface area contributed by atoms with E-state index in [1.54, 1.807) is 0 Å². The lowest BCUT2D eigenvalue weighted by atomic mass is 9.84. The standard InChI is InChI=1S/C62H49N/c1-3-44-20-13-14-31-56(44)58-39-38-55(41-45(58)4-2)63(53-29-17-27-50(42-53)51-37-36-46-21-11-12-26-49(46)40-51)54-30-18-28-52(43-54)60-35-19-34-59(48-24-9-6-10-25-48)62(60)61-33-16-15-32-57(61)47-22-7-5-8-23-47/h5-43H,3-4H2,1-2H3. The number of rotatable bonds is 11. The van der Waals surface area contributed by atoms with Crippen LogP contribution in [0.2, 0.25) is 0 Å². The molecule has 63 heavy (non-hydrogen) atoms. The molecule has 0 radical (unpaired) electrons. The Morgan fingerprint density at radius 2 is 0.746 bits per heavy atom. The van der Waals surface area contributed by atoms with E-state index in [1.165, 1.54) is 83.1 Å². The Balaban J connectivity index is 1.17. The minimum absolute atomic E-state index is 0.919. The summed E-state index contributed by atoms with van der Waals surface area (Å²) in [6, 6.07) is 86.7. The molecule has 0 fully saturated rings. The van der Waals surface area contributed by atoms with Crippen molar-refractivity contribution >= 4 is 27.8 Å². The molecule has 0 aliphatic carbocycles. The number of hydrogen-bond acceptors (Lipinski definition) is 1. The molecule has 10 rings (SSSR count). The molecule has 0 N–H and O–H groups in total. The second-order valence-corrected chi connectivity index (χ2v) is 16.2. The summed E-state index contributed by atoms with van der Waals surface area (Å²) in [4.78, 5) is 2.45. The molecule has 0 aliphatic rings. The molecule has 0 aliphatic heterocycles. The molecule has 0 atom stereocenters. The SMILES string of the molecule is CCc1ccccc1-c1ccc(N(c2cccc(-c3ccc4ccccc4c3)c2)c2cccc(-c3cccc(-c4ccccc4)c3-c3ccccc3-c3ccccc3)c2)cc1CC. The fourth-order valence-electron chi connectivity index (χ4n) is 9.33. The van der Waals surface area contributed by atoms with Crippen molar-refractivity contribution in [2.75, 3.05) is 4.90 Å². The van der Waals surface area contributed by atoms with E-state index >= 15 is 0 Å². The first-order valence-electron chi connectivity index (χ1n) is 22.2. The van der Waals surface area contributed by atoms with Gasteiger partial charge < -0.3 is 4.90 Å². The summed E-state index contributed by atoms with van der Waals surface area (Å²) < 4.78 is 0. The van der Waals surface area contributed by atoms with Gasteiger partial charge in [0, 0.05) is 17.1 Å². The largest absolute Gasteiger partial charge is 0.310 e. The van der Waals surface area contributed by atoms with Crippen molar-refractivity contribution in [3.63, 3.8) is 0 Å². The van der Waals surface area contributed by atoms with Crippen molar-refractivity contribution < 1.29 is 0 Å². The van der Waals surface area contributed by atoms with Crippen molar-refractivity contribution in [2.45, 2.75) is 26.7 Å². The lowest BCUT2D eigenvalue weighted by molar-refractivity contribution is 1.11. The molecule has 0 saturated carbocycles. The second kappa shape index (κ2) is 17.7. The van der Waals surface area contributed by atoms with Crippen LogP contribution in [-0.4, -0.2) is 0 Å². The summed E-state index contributed by atoms with van der Waals surface area (Å²) in [5.41, 5.74) is 20.6. The lowest BCUT2D eigenvalue weighted by Gasteiger charge is -2.28. The first-order chi connectivity index (χ1) is 31.2. The predicted molar refractivity (Wildman–Crippen MR) is 270 cm³/mol. The summed E-state index contributed by atoms with van der Waals surface area (Å²) >= 11 is 0. The molecule has 302 valence electrons. The molecule has 1 nitrogen and oxygen atoms in total. The van der Waals surface area contributed by atoms with Gasteiger partial charge in [0.1, 0.15) is 0 Å². The van der Waals surface area contributed by atoms with E-state index in [4.69, 9.17) is 0 Å². The zero-order chi connectivity index (χ0) is 42.5. The van der Waals surface area contributed by atoms with Gasteiger partial charge in [-0.15, -0.1) is 0 Å². The molecular weight excluding hydrogens is 759 g/mol. The summed E-state index contributed by atoms with van der Waals surface area (Å²) in [6.07, 6.45) is 1.91. The summed E-state index contributed by atoms with van der Waals surface area (Å²) in [5, 5.41) is 2.48. The maximum atomic E-state index is 2.45. The average Bonchev–Trinajstić information content (AvgIpc) is 3.36. The van der Waals surface area contributed by atoms with Gasteiger partial charge in [-0.3, -0.25) is 0 Å². The van der Waals surface area contributed by atoms with Gasteiger partial charge in [0.2, 0.25) is 0 Å². The van der Waals surface area contributed by atoms with E-state index in [1.807, 2.05) is 0 Å². The quantitative estimate of drug-likeness (QED) is 0.126. The van der Waals surface area contributed by atoms with E-state index in [2.05, 4.69) is 255 Å². The van der Waals surface area contributed by atoms with Crippen LogP contribution in [0.1, 0.15) is 25.0 Å². The van der Waals surface area contributed by atoms with Crippen LogP contribution in [0.5, 0.6) is 0 Å². The molecule has 0 spiro atoms. The van der Waals surface area contributed by atoms with Crippen molar-refractivity contribution in [3.05, 3.63) is 248 Å². The molecular formula is C62H49N. The lowest BCUT2D eigenvalue weighted by Crippen LogP contribution is -2.11. The minimum atomic E-state index is 0.919. The van der Waals surface area contributed by atoms with Gasteiger partial charge in [-0.05, 0) is 144 Å². The van der Waals surface area contributed by atoms with Crippen LogP contribution in [0.4, 0.5) is 17.1 Å². The molecule has 0 heterocycles. The highest BCUT2D eigenvalue weighted by Crippen LogP contribution is 2.46. The Kier molecular flexibility index (Phi) is 11.1. The topological polar surface area (TPSA) is 3.24 Å². The Morgan fingerprint density at radius 3 is 1.46 bits per heavy atom. The summed E-state index contributed by atoms with van der Waals surface area (Å²) in [6.45, 7) is 4.52. The Hall–Kier alpha value is -7.74. The molecule has 0 saturated heterocycles. The summed E-state index contributed by atoms with van der Waals surface area (Å²) in [7, 11) is 0. The van der Waals surface area contributed by atoms with E-state index < -0.39 is 0 Å². The number of hydrogen-bond donors (Lipinski definition) is 0. The van der Waals surface area contributed by atoms with Gasteiger partial charge in [0.25, 0.3) is 0 Å². The Labute approximate surface area is 372 Å². The van der Waals surface area contributed by atoms with Crippen LogP contribution in [0.15, 0.2) is 237 Å². The highest BCUT2D eigenvalue weighted by Gasteiger charge is 2.21. The third-order valence-corrected chi connectivity index (χ3v) is 12.4. The van der Waals surface area contributed by atoms with Crippen molar-refractivity contribution in [1.82, 2.24) is 0 Å². The smallest absolute Gasteiger partial charge is 0.0467 e. The van der Waals surface area contributed by atoms with Crippen molar-refractivity contribution in [2.24, 2.45) is 0 Å². The first-order valence-corrected chi connectivity index (χ1v) is 22.2. The van der Waals surface area contributed by atoms with Gasteiger partial charge in [0.05, 0.1) is 0 Å². The Bertz CT molecular complexity index is 3200. The third-order valence-electron chi connectivity index (χ3n) is 12.4. The number of nitrogens with zero attached hydrogens (tertiary/aromatic N) is 1. The Morgan fingerprint density at radius 1 is 0.270 bits per heavy atom. The third kappa shape index (κ3) is 7.87. The fraction of sp³-hybridized carbons (Fsp3) is 0.0645. The average molecular weight is 808 g/mol. The number of aryl methyl sites for hydroxylation is 2. The fourth-order valence-corrected chi connectivity index (χ4v) is 9.33. The van der Waals surface area contributed by atoms with Gasteiger partial charge in [0.15, 0.2) is 0 Å². The predicted octanol–water partition coefficient (Wildman–Crippen LogP) is 17.4. The second-order valence-electron chi connectivity index (χ2n) is 16.2. The molecule has 0 unspecified atom stereocenters. The first kappa shape index (κ1) is 39.4. The maximum Gasteiger partial charge on any atom is 0.0467 e. The van der Waals surface area contributed by atoms with Crippen molar-refractivity contribution in [3.8, 4) is 66.8 Å². The van der Waals surface area contributed by atoms with E-state index in [0.29, 0.717) is 0 Å². The normalized spacial score (nSPS) is 11.1. The van der Waals surface area contributed by atoms with E-state index in [-0.39, 0.29) is 0 Å². The zero-order valence-corrected chi connectivity index (χ0v) is 35.9. The van der Waals surface area contributed by atoms with Gasteiger partial charge in [-0.2, -0.15) is 0 Å². The number of benzene rings is 10. The highest BCUT2D eigenvalue weighted by molar-refractivity contribution is 6.00. The minimum Gasteiger partial charge on any atom is -0.310 e. The van der Waals surface area contributed by atoms with Crippen LogP contribution < -0.4 is 4.90 Å². The van der Waals surface area contributed by atoms with E-state index in [0.717, 1.165) is 35.5 Å². The van der Waals surface area contributed by atoms with Crippen LogP contribution in [0.25, 0.3) is 77.5 Å². The number of fused-ring (bicyclic) bond motifs is 1. The molecule has 0 amide bonds. The molecule has 0 bridgehead atoms. The molecule has 10 aromatic rings. The van der Waals surface area contributed by atoms with Gasteiger partial charge in [-0.1, -0.05) is 208 Å². The zero-order valence-electron chi connectivity index (χ0n) is 35.9. The van der Waals surface area contributed by atoms with Crippen LogP contribution in [-0.2, 0) is 12.8 Å². The number of anilines is 3. The highest BCUT2D eigenvalue weighted by atomic mass is 15.1. The molecule has 1 heteroatoms. The van der Waals surface area contributed by atoms with E-state index in [9.17, 15) is 0 Å². The van der Waals surface area contributed by atoms with Crippen LogP contribution in [0, 0.1) is 0 Å². The van der Waals surface area contributed by atoms with Crippen LogP contribution >= 0.6 is 0 Å². The van der Waals surface area contributed by atoms with Gasteiger partial charge >= 0.3 is 0 Å². The monoisotopic (exact) mass is 807 g/mol.